The second-order valence-corrected chi connectivity index (χ2v) is 7.82. The topological polar surface area (TPSA) is 70.1 Å². The molecule has 1 atom stereocenters. The summed E-state index contributed by atoms with van der Waals surface area (Å²) < 4.78 is 19.0. The molecule has 1 fully saturated rings. The maximum atomic E-state index is 13.5. The van der Waals surface area contributed by atoms with E-state index in [0.29, 0.717) is 36.4 Å². The molecule has 0 unspecified atom stereocenters. The van der Waals surface area contributed by atoms with E-state index in [0.717, 1.165) is 6.54 Å². The predicted molar refractivity (Wildman–Crippen MR) is 121 cm³/mol. The fourth-order valence-electron chi connectivity index (χ4n) is 3.68. The van der Waals surface area contributed by atoms with Crippen LogP contribution in [0.3, 0.4) is 0 Å². The van der Waals surface area contributed by atoms with E-state index in [9.17, 15) is 19.1 Å². The number of nitrogens with zero attached hydrogens (tertiary/aromatic N) is 2. The Morgan fingerprint density at radius 3 is 2.41 bits per heavy atom. The lowest BCUT2D eigenvalue weighted by atomic mass is 9.95. The van der Waals surface area contributed by atoms with E-state index in [1.54, 1.807) is 30.3 Å². The highest BCUT2D eigenvalue weighted by atomic mass is 19.1. The molecule has 1 saturated heterocycles. The van der Waals surface area contributed by atoms with Crippen molar-refractivity contribution >= 4 is 17.4 Å². The molecule has 2 aromatic rings. The first-order valence-electron chi connectivity index (χ1n) is 10.4. The summed E-state index contributed by atoms with van der Waals surface area (Å²) in [5.41, 5.74) is 0.934. The SMILES string of the molecule is C=CCOc1ccc(C(O)=C2C(=O)C(=O)N(CCCN(C)C)[C@@H]2c2ccc(F)cc2)cc1. The van der Waals surface area contributed by atoms with Crippen LogP contribution in [-0.4, -0.2) is 60.4 Å². The Morgan fingerprint density at radius 2 is 1.81 bits per heavy atom. The van der Waals surface area contributed by atoms with Crippen molar-refractivity contribution in [3.05, 3.63) is 83.7 Å². The van der Waals surface area contributed by atoms with E-state index in [4.69, 9.17) is 4.74 Å². The number of carbonyl (C=O) groups is 2. The molecule has 2 aromatic carbocycles. The number of amides is 1. The van der Waals surface area contributed by atoms with Gasteiger partial charge in [-0.15, -0.1) is 0 Å². The minimum absolute atomic E-state index is 0.00813. The van der Waals surface area contributed by atoms with E-state index in [2.05, 4.69) is 6.58 Å². The number of likely N-dealkylation sites (tertiary alicyclic amines) is 1. The Balaban J connectivity index is 2.02. The number of aliphatic hydroxyl groups excluding tert-OH is 1. The molecule has 168 valence electrons. The third kappa shape index (κ3) is 5.06. The van der Waals surface area contributed by atoms with Crippen LogP contribution in [0.25, 0.3) is 5.76 Å². The van der Waals surface area contributed by atoms with Crippen LogP contribution in [0.15, 0.2) is 66.8 Å². The Hall–Kier alpha value is -3.45. The van der Waals surface area contributed by atoms with Crippen LogP contribution >= 0.6 is 0 Å². The number of hydrogen-bond acceptors (Lipinski definition) is 5. The van der Waals surface area contributed by atoms with Gasteiger partial charge in [-0.2, -0.15) is 0 Å². The fourth-order valence-corrected chi connectivity index (χ4v) is 3.68. The number of Topliss-reactive ketones (excluding diaryl/α,β-unsaturated/α-hetero) is 1. The second-order valence-electron chi connectivity index (χ2n) is 7.82. The summed E-state index contributed by atoms with van der Waals surface area (Å²) in [7, 11) is 3.85. The molecule has 7 heteroatoms. The lowest BCUT2D eigenvalue weighted by Gasteiger charge is -2.26. The lowest BCUT2D eigenvalue weighted by molar-refractivity contribution is -0.139. The number of benzene rings is 2. The molecule has 32 heavy (non-hydrogen) atoms. The molecular formula is C25H27FN2O4. The summed E-state index contributed by atoms with van der Waals surface area (Å²) in [6, 6.07) is 11.4. The second kappa shape index (κ2) is 10.2. The minimum Gasteiger partial charge on any atom is -0.507 e. The van der Waals surface area contributed by atoms with Crippen molar-refractivity contribution in [2.75, 3.05) is 33.8 Å². The monoisotopic (exact) mass is 438 g/mol. The fraction of sp³-hybridized carbons (Fsp3) is 0.280. The number of ketones is 1. The normalized spacial score (nSPS) is 17.8. The maximum absolute atomic E-state index is 13.5. The van der Waals surface area contributed by atoms with Crippen molar-refractivity contribution < 1.29 is 23.8 Å². The molecule has 0 bridgehead atoms. The molecule has 1 aliphatic rings. The first kappa shape index (κ1) is 23.2. The van der Waals surface area contributed by atoms with Gasteiger partial charge in [-0.3, -0.25) is 9.59 Å². The smallest absolute Gasteiger partial charge is 0.295 e. The van der Waals surface area contributed by atoms with Gasteiger partial charge in [0.2, 0.25) is 0 Å². The van der Waals surface area contributed by atoms with E-state index in [1.807, 2.05) is 19.0 Å². The van der Waals surface area contributed by atoms with Gasteiger partial charge in [0.1, 0.15) is 23.9 Å². The van der Waals surface area contributed by atoms with Crippen LogP contribution < -0.4 is 4.74 Å². The number of carbonyl (C=O) groups excluding carboxylic acids is 2. The van der Waals surface area contributed by atoms with E-state index in [-0.39, 0.29) is 11.3 Å². The molecule has 1 aliphatic heterocycles. The summed E-state index contributed by atoms with van der Waals surface area (Å²) >= 11 is 0. The van der Waals surface area contributed by atoms with Crippen molar-refractivity contribution in [3.63, 3.8) is 0 Å². The summed E-state index contributed by atoms with van der Waals surface area (Å²) in [6.45, 7) is 5.00. The number of hydrogen-bond donors (Lipinski definition) is 1. The van der Waals surface area contributed by atoms with Crippen molar-refractivity contribution in [1.29, 1.82) is 0 Å². The van der Waals surface area contributed by atoms with Crippen molar-refractivity contribution in [2.24, 2.45) is 0 Å². The van der Waals surface area contributed by atoms with Crippen molar-refractivity contribution in [3.8, 4) is 5.75 Å². The maximum Gasteiger partial charge on any atom is 0.295 e. The molecule has 1 N–H and O–H groups in total. The van der Waals surface area contributed by atoms with Gasteiger partial charge in [-0.25, -0.2) is 4.39 Å². The van der Waals surface area contributed by atoms with Crippen LogP contribution in [0.1, 0.15) is 23.6 Å². The van der Waals surface area contributed by atoms with Gasteiger partial charge in [0, 0.05) is 12.1 Å². The molecule has 1 heterocycles. The quantitative estimate of drug-likeness (QED) is 0.279. The molecule has 6 nitrogen and oxygen atoms in total. The Bertz CT molecular complexity index is 1010. The predicted octanol–water partition coefficient (Wildman–Crippen LogP) is 3.76. The van der Waals surface area contributed by atoms with Gasteiger partial charge in [0.05, 0.1) is 11.6 Å². The number of halogens is 1. The molecule has 0 aliphatic carbocycles. The zero-order chi connectivity index (χ0) is 23.3. The first-order chi connectivity index (χ1) is 15.3. The van der Waals surface area contributed by atoms with Crippen LogP contribution in [0.2, 0.25) is 0 Å². The lowest BCUT2D eigenvalue weighted by Crippen LogP contribution is -2.32. The largest absolute Gasteiger partial charge is 0.507 e. The minimum atomic E-state index is -0.797. The van der Waals surface area contributed by atoms with Gasteiger partial charge in [0.25, 0.3) is 11.7 Å². The van der Waals surface area contributed by atoms with E-state index < -0.39 is 23.5 Å². The molecular weight excluding hydrogens is 411 g/mol. The zero-order valence-electron chi connectivity index (χ0n) is 18.3. The van der Waals surface area contributed by atoms with Gasteiger partial charge < -0.3 is 19.6 Å². The van der Waals surface area contributed by atoms with Crippen LogP contribution in [0.4, 0.5) is 4.39 Å². The van der Waals surface area contributed by atoms with Gasteiger partial charge in [0.15, 0.2) is 0 Å². The summed E-state index contributed by atoms with van der Waals surface area (Å²) in [4.78, 5) is 29.3. The van der Waals surface area contributed by atoms with Crippen LogP contribution in [-0.2, 0) is 9.59 Å². The van der Waals surface area contributed by atoms with Gasteiger partial charge >= 0.3 is 0 Å². The Morgan fingerprint density at radius 1 is 1.16 bits per heavy atom. The van der Waals surface area contributed by atoms with Crippen LogP contribution in [0.5, 0.6) is 5.75 Å². The van der Waals surface area contributed by atoms with Gasteiger partial charge in [-0.1, -0.05) is 24.8 Å². The van der Waals surface area contributed by atoms with Gasteiger partial charge in [-0.05, 0) is 69.0 Å². The highest BCUT2D eigenvalue weighted by Gasteiger charge is 2.45. The zero-order valence-corrected chi connectivity index (χ0v) is 18.3. The molecule has 1 amide bonds. The summed E-state index contributed by atoms with van der Waals surface area (Å²) in [5.74, 6) is -1.55. The van der Waals surface area contributed by atoms with E-state index >= 15 is 0 Å². The average Bonchev–Trinajstić information content (AvgIpc) is 3.03. The standard InChI is InChI=1S/C25H27FN2O4/c1-4-16-32-20-12-8-18(9-13-20)23(29)21-22(17-6-10-19(26)11-7-17)28(25(31)24(21)30)15-5-14-27(2)3/h4,6-13,22,29H,1,5,14-16H2,2-3H3/t22-/m1/s1. The highest BCUT2D eigenvalue weighted by molar-refractivity contribution is 6.46. The number of ether oxygens (including phenoxy) is 1. The Kier molecular flexibility index (Phi) is 7.43. The van der Waals surface area contributed by atoms with Crippen molar-refractivity contribution in [2.45, 2.75) is 12.5 Å². The molecule has 0 radical (unpaired) electrons. The van der Waals surface area contributed by atoms with Crippen molar-refractivity contribution in [1.82, 2.24) is 9.80 Å². The average molecular weight is 438 g/mol. The third-order valence-corrected chi connectivity index (χ3v) is 5.23. The molecule has 0 aromatic heterocycles. The first-order valence-corrected chi connectivity index (χ1v) is 10.4. The molecule has 0 spiro atoms. The molecule has 3 rings (SSSR count). The summed E-state index contributed by atoms with van der Waals surface area (Å²) in [5, 5.41) is 11.0. The number of aliphatic hydroxyl groups is 1. The molecule has 0 saturated carbocycles. The van der Waals surface area contributed by atoms with E-state index in [1.165, 1.54) is 29.2 Å². The number of rotatable bonds is 9. The third-order valence-electron chi connectivity index (χ3n) is 5.23. The Labute approximate surface area is 187 Å². The highest BCUT2D eigenvalue weighted by Crippen LogP contribution is 2.39. The van der Waals surface area contributed by atoms with Crippen LogP contribution in [0, 0.1) is 5.82 Å². The summed E-state index contributed by atoms with van der Waals surface area (Å²) in [6.07, 6.45) is 2.27.